The number of epoxide rings is 1. The number of furan rings is 1. The molecule has 88 heavy (non-hydrogen) atoms. The third-order valence-electron chi connectivity index (χ3n) is 30.5. The van der Waals surface area contributed by atoms with Crippen LogP contribution in [0, 0.1) is 110 Å². The number of ether oxygens (including phenoxy) is 4. The highest BCUT2D eigenvalue weighted by molar-refractivity contribution is 5.94. The number of aliphatic hydroxyl groups excluding tert-OH is 3. The smallest absolute Gasteiger partial charge is 0.339 e. The summed E-state index contributed by atoms with van der Waals surface area (Å²) >= 11 is 0. The van der Waals surface area contributed by atoms with E-state index in [1.54, 1.807) is 6.26 Å². The summed E-state index contributed by atoms with van der Waals surface area (Å²) in [5.74, 6) is -0.242. The van der Waals surface area contributed by atoms with Gasteiger partial charge in [0, 0.05) is 41.3 Å². The molecule has 7 aliphatic heterocycles. The van der Waals surface area contributed by atoms with Crippen molar-refractivity contribution >= 4 is 17.7 Å². The maximum atomic E-state index is 17.5. The lowest BCUT2D eigenvalue weighted by molar-refractivity contribution is -0.300. The highest BCUT2D eigenvalue weighted by Gasteiger charge is 2.99. The summed E-state index contributed by atoms with van der Waals surface area (Å²) < 4.78 is 37.1. The Morgan fingerprint density at radius 2 is 1.68 bits per heavy atom. The molecule has 474 valence electrons. The normalized spacial score (nSPS) is 49.7. The first-order valence-corrected chi connectivity index (χ1v) is 35.8. The van der Waals surface area contributed by atoms with E-state index in [1.807, 2.05) is 6.07 Å². The monoisotopic (exact) mass is 1200 g/mol. The molecule has 13 heteroatoms. The van der Waals surface area contributed by atoms with Gasteiger partial charge in [-0.05, 0) is 196 Å². The van der Waals surface area contributed by atoms with Crippen LogP contribution in [-0.4, -0.2) is 106 Å². The van der Waals surface area contributed by atoms with Crippen molar-refractivity contribution in [2.24, 2.45) is 110 Å². The summed E-state index contributed by atoms with van der Waals surface area (Å²) in [6.07, 6.45) is 28.2. The number of aliphatic hydroxyl groups is 3. The minimum absolute atomic E-state index is 0.0540. The largest absolute Gasteiger partial charge is 0.469 e. The number of hydrogen-bond donors (Lipinski definition) is 4. The van der Waals surface area contributed by atoms with Gasteiger partial charge in [0.15, 0.2) is 11.9 Å². The third-order valence-corrected chi connectivity index (χ3v) is 30.5. The Morgan fingerprint density at radius 3 is 2.50 bits per heavy atom. The Labute approximate surface area is 520 Å². The van der Waals surface area contributed by atoms with Crippen LogP contribution in [0.1, 0.15) is 185 Å². The van der Waals surface area contributed by atoms with Crippen LogP contribution >= 0.6 is 0 Å². The van der Waals surface area contributed by atoms with Gasteiger partial charge in [-0.3, -0.25) is 14.9 Å². The SMILES string of the molecule is CC(CC1C=C2CC3CC4(CCCC4)CC34CC3CC5(C)C(c6ccoc6CC(C(O)CO)C6CCC7C(C=CN8CNCC78)C6)OC(=O)C6OC65C5(C6CCCC(Cc7ccccc7)C6)C(O)C(=O)C6C1(C)OC21C4C(=O)OCC61C35)C1CCCCC1. The molecule has 9 aliphatic carbocycles. The molecule has 1 aromatic heterocycles. The number of esters is 2. The van der Waals surface area contributed by atoms with E-state index in [1.165, 1.54) is 56.1 Å². The zero-order valence-corrected chi connectivity index (χ0v) is 52.6. The zero-order valence-electron chi connectivity index (χ0n) is 52.6. The highest BCUT2D eigenvalue weighted by atomic mass is 16.7. The van der Waals surface area contributed by atoms with E-state index in [0.29, 0.717) is 48.3 Å². The molecule has 14 fully saturated rings. The van der Waals surface area contributed by atoms with Crippen molar-refractivity contribution in [3.63, 3.8) is 0 Å². The van der Waals surface area contributed by atoms with E-state index in [0.717, 1.165) is 115 Å². The van der Waals surface area contributed by atoms with E-state index in [-0.39, 0.29) is 71.8 Å². The number of cyclic esters (lactones) is 2. The van der Waals surface area contributed by atoms with E-state index in [2.05, 4.69) is 79.7 Å². The molecule has 9 saturated carbocycles. The van der Waals surface area contributed by atoms with Crippen LogP contribution in [-0.2, 0) is 46.2 Å². The van der Waals surface area contributed by atoms with Crippen LogP contribution in [0.2, 0.25) is 0 Å². The number of nitrogens with zero attached hydrogens (tertiary/aromatic N) is 1. The van der Waals surface area contributed by atoms with Crippen molar-refractivity contribution in [2.75, 3.05) is 26.4 Å². The minimum Gasteiger partial charge on any atom is -0.469 e. The zero-order chi connectivity index (χ0) is 59.7. The van der Waals surface area contributed by atoms with Gasteiger partial charge in [-0.15, -0.1) is 0 Å². The molecular weight excluding hydrogens is 1100 g/mol. The number of ketones is 1. The van der Waals surface area contributed by atoms with E-state index < -0.39 is 86.6 Å². The molecule has 1 aromatic carbocycles. The molecule has 8 heterocycles. The Bertz CT molecular complexity index is 3220. The molecule has 2 aromatic rings. The number of Topliss-reactive ketones (excluding diaryl/α,β-unsaturated/α-hetero) is 1. The van der Waals surface area contributed by atoms with Gasteiger partial charge in [0.25, 0.3) is 0 Å². The van der Waals surface area contributed by atoms with E-state index in [9.17, 15) is 15.3 Å². The summed E-state index contributed by atoms with van der Waals surface area (Å²) in [4.78, 5) is 51.8. The first-order valence-electron chi connectivity index (χ1n) is 35.8. The summed E-state index contributed by atoms with van der Waals surface area (Å²) in [7, 11) is 0. The van der Waals surface area contributed by atoms with Crippen LogP contribution in [0.15, 0.2) is 71.0 Å². The lowest BCUT2D eigenvalue weighted by Crippen LogP contribution is -2.82. The fraction of sp³-hybridized carbons (Fsp3) is 0.773. The molecule has 4 N–H and O–H groups in total. The number of rotatable bonds is 12. The van der Waals surface area contributed by atoms with Gasteiger partial charge >= 0.3 is 11.9 Å². The van der Waals surface area contributed by atoms with Gasteiger partial charge in [-0.25, -0.2) is 4.79 Å². The predicted octanol–water partition coefficient (Wildman–Crippen LogP) is 11.2. The summed E-state index contributed by atoms with van der Waals surface area (Å²) in [6, 6.07) is 13.2. The van der Waals surface area contributed by atoms with Gasteiger partial charge in [-0.2, -0.15) is 0 Å². The number of hydrogen-bond acceptors (Lipinski definition) is 13. The third kappa shape index (κ3) is 7.09. The van der Waals surface area contributed by atoms with Gasteiger partial charge in [-0.1, -0.05) is 114 Å². The maximum absolute atomic E-state index is 17.5. The second-order valence-electron chi connectivity index (χ2n) is 33.8. The Morgan fingerprint density at radius 1 is 0.852 bits per heavy atom. The molecule has 5 spiro atoms. The lowest BCUT2D eigenvalue weighted by Gasteiger charge is -2.72. The number of carbonyl (C=O) groups is 3. The average molecular weight is 1200 g/mol. The minimum atomic E-state index is -1.50. The second-order valence-corrected chi connectivity index (χ2v) is 33.8. The molecule has 13 nitrogen and oxygen atoms in total. The fourth-order valence-electron chi connectivity index (χ4n) is 27.9. The van der Waals surface area contributed by atoms with Crippen LogP contribution < -0.4 is 5.32 Å². The number of benzene rings is 1. The predicted molar refractivity (Wildman–Crippen MR) is 326 cm³/mol. The lowest BCUT2D eigenvalue weighted by atomic mass is 9.29. The second kappa shape index (κ2) is 19.6. The van der Waals surface area contributed by atoms with Crippen LogP contribution in [0.3, 0.4) is 0 Å². The van der Waals surface area contributed by atoms with Crippen molar-refractivity contribution in [2.45, 2.75) is 222 Å². The van der Waals surface area contributed by atoms with Crippen molar-refractivity contribution < 1.29 is 53.1 Å². The quantitative estimate of drug-likeness (QED) is 0.0897. The van der Waals surface area contributed by atoms with Crippen LogP contribution in [0.25, 0.3) is 0 Å². The van der Waals surface area contributed by atoms with Gasteiger partial charge in [0.1, 0.15) is 35.8 Å². The molecule has 16 aliphatic rings. The molecule has 0 amide bonds. The fourth-order valence-corrected chi connectivity index (χ4v) is 27.9. The number of carbonyl (C=O) groups excluding carboxylic acids is 3. The summed E-state index contributed by atoms with van der Waals surface area (Å²) in [5, 5.41) is 41.4. The molecular formula is C75H98N2O11. The maximum Gasteiger partial charge on any atom is 0.339 e. The van der Waals surface area contributed by atoms with Crippen molar-refractivity contribution in [3.05, 3.63) is 83.5 Å². The average Bonchev–Trinajstić information content (AvgIpc) is 1.41. The Balaban J connectivity index is 0.823. The number of nitrogens with one attached hydrogen (secondary N) is 1. The highest BCUT2D eigenvalue weighted by Crippen LogP contribution is 2.91. The van der Waals surface area contributed by atoms with Gasteiger partial charge < -0.3 is 43.6 Å². The molecule has 18 rings (SSSR count). The van der Waals surface area contributed by atoms with Crippen molar-refractivity contribution in [1.82, 2.24) is 10.2 Å². The summed E-state index contributed by atoms with van der Waals surface area (Å²) in [6.45, 7) is 8.52. The Kier molecular flexibility index (Phi) is 12.7. The van der Waals surface area contributed by atoms with Gasteiger partial charge in [0.05, 0.1) is 48.5 Å². The first-order chi connectivity index (χ1) is 42.6. The standard InChI is InChI=1S/C75H98N2O11/c1-42(45-16-8-5-9-17-45)27-50-31-51-32-52-36-70(23-10-11-24-70)39-71(52)35-48-34-68(2)64(54-22-26-84-58(54)33-55(57(79)38-78)46-19-20-53-47(30-46)21-25-77-41-76-37-56(53)77)86-67(83)65-75(68,87-65)73(49-18-12-15-44(29-49)28-43-13-6-4-7-14-43)60(48)72-40-85-66(82)62(71)74(51,72)88-69(50,3)61(72)59(80)63(73)81/h4,6-7,13-14,21-22,25-26,31,42,44-50,52-53,55-57,60-65,76,78-79,81H,5,8-12,15-20,23-24,27-30,32-41H2,1-3H3. The first kappa shape index (κ1) is 56.9. The molecule has 25 unspecified atom stereocenters. The molecule has 25 atom stereocenters. The molecule has 5 saturated heterocycles. The molecule has 0 radical (unpaired) electrons. The number of allylic oxidation sites excluding steroid dienone is 1. The molecule has 5 bridgehead atoms. The number of fused-ring (bicyclic) bond motifs is 5. The van der Waals surface area contributed by atoms with Crippen molar-refractivity contribution in [1.29, 1.82) is 0 Å². The van der Waals surface area contributed by atoms with Crippen molar-refractivity contribution in [3.8, 4) is 0 Å². The summed E-state index contributed by atoms with van der Waals surface area (Å²) in [5.41, 5.74) is -3.97. The van der Waals surface area contributed by atoms with E-state index >= 15 is 14.4 Å². The van der Waals surface area contributed by atoms with Crippen LogP contribution in [0.4, 0.5) is 0 Å². The van der Waals surface area contributed by atoms with Gasteiger partial charge in [0.2, 0.25) is 0 Å². The van der Waals surface area contributed by atoms with Crippen LogP contribution in [0.5, 0.6) is 0 Å². The topological polar surface area (TPSA) is 181 Å². The van der Waals surface area contributed by atoms with E-state index in [4.69, 9.17) is 23.4 Å². The Hall–Kier alpha value is -3.85.